The Morgan fingerprint density at radius 2 is 0.833 bits per heavy atom. The molecule has 2 heteroatoms. The smallest absolute Gasteiger partial charge is 0.0617 e. The summed E-state index contributed by atoms with van der Waals surface area (Å²) in [5.41, 5.74) is 18.0. The van der Waals surface area contributed by atoms with Crippen LogP contribution >= 0.6 is 0 Å². The maximum atomic E-state index is 7.12. The summed E-state index contributed by atoms with van der Waals surface area (Å²) < 4.78 is 0. The molecule has 4 aromatic rings. The molecule has 0 heterocycles. The molecule has 30 heavy (non-hydrogen) atoms. The van der Waals surface area contributed by atoms with Gasteiger partial charge in [-0.3, -0.25) is 0 Å². The van der Waals surface area contributed by atoms with Crippen molar-refractivity contribution in [2.24, 2.45) is 11.5 Å². The number of rotatable bonds is 7. The Labute approximate surface area is 179 Å². The Morgan fingerprint density at radius 3 is 1.20 bits per heavy atom. The van der Waals surface area contributed by atoms with E-state index in [1.807, 2.05) is 36.4 Å². The van der Waals surface area contributed by atoms with Gasteiger partial charge in [0.05, 0.1) is 5.41 Å². The van der Waals surface area contributed by atoms with E-state index in [0.717, 1.165) is 23.1 Å². The van der Waals surface area contributed by atoms with Crippen molar-refractivity contribution in [1.82, 2.24) is 0 Å². The quantitative estimate of drug-likeness (QED) is 0.439. The van der Waals surface area contributed by atoms with Gasteiger partial charge in [-0.05, 0) is 28.7 Å². The molecule has 0 saturated heterocycles. The number of hydrogen-bond donors (Lipinski definition) is 2. The minimum atomic E-state index is -0.558. The molecule has 2 atom stereocenters. The van der Waals surface area contributed by atoms with Gasteiger partial charge in [-0.15, -0.1) is 0 Å². The predicted molar refractivity (Wildman–Crippen MR) is 125 cm³/mol. The van der Waals surface area contributed by atoms with Crippen LogP contribution in [0.1, 0.15) is 22.3 Å². The molecule has 0 fully saturated rings. The van der Waals surface area contributed by atoms with Crippen molar-refractivity contribution >= 4 is 0 Å². The first-order chi connectivity index (χ1) is 14.7. The summed E-state index contributed by atoms with van der Waals surface area (Å²) in [6, 6.07) is 41.3. The summed E-state index contributed by atoms with van der Waals surface area (Å²) in [6.45, 7) is 0. The van der Waals surface area contributed by atoms with Gasteiger partial charge < -0.3 is 11.5 Å². The van der Waals surface area contributed by atoms with Gasteiger partial charge in [-0.1, -0.05) is 121 Å². The van der Waals surface area contributed by atoms with Crippen molar-refractivity contribution in [1.29, 1.82) is 0 Å². The summed E-state index contributed by atoms with van der Waals surface area (Å²) in [5, 5.41) is 0. The Morgan fingerprint density at radius 1 is 0.500 bits per heavy atom. The van der Waals surface area contributed by atoms with Crippen molar-refractivity contribution in [3.63, 3.8) is 0 Å². The van der Waals surface area contributed by atoms with Crippen molar-refractivity contribution in [3.8, 4) is 0 Å². The van der Waals surface area contributed by atoms with Crippen LogP contribution in [0.2, 0.25) is 0 Å². The van der Waals surface area contributed by atoms with Crippen LogP contribution in [0.4, 0.5) is 0 Å². The highest BCUT2D eigenvalue weighted by molar-refractivity contribution is 5.53. The fraction of sp³-hybridized carbons (Fsp3) is 0.143. The summed E-state index contributed by atoms with van der Waals surface area (Å²) in [4.78, 5) is 0. The molecule has 0 amide bonds. The van der Waals surface area contributed by atoms with E-state index in [1.165, 1.54) is 5.56 Å². The normalized spacial score (nSPS) is 13.5. The van der Waals surface area contributed by atoms with Gasteiger partial charge in [-0.2, -0.15) is 0 Å². The molecule has 0 aliphatic rings. The van der Waals surface area contributed by atoms with E-state index < -0.39 is 5.41 Å². The van der Waals surface area contributed by atoms with E-state index in [9.17, 15) is 0 Å². The second-order valence-electron chi connectivity index (χ2n) is 7.79. The second-order valence-corrected chi connectivity index (χ2v) is 7.79. The Bertz CT molecular complexity index is 934. The van der Waals surface area contributed by atoms with Crippen LogP contribution in [0, 0.1) is 0 Å². The molecular formula is C28H28N2. The zero-order valence-corrected chi connectivity index (χ0v) is 17.1. The van der Waals surface area contributed by atoms with Crippen LogP contribution in [0.5, 0.6) is 0 Å². The van der Waals surface area contributed by atoms with Gasteiger partial charge in [0.15, 0.2) is 0 Å². The van der Waals surface area contributed by atoms with Crippen molar-refractivity contribution < 1.29 is 0 Å². The lowest BCUT2D eigenvalue weighted by Gasteiger charge is -2.43. The van der Waals surface area contributed by atoms with Crippen LogP contribution < -0.4 is 11.5 Å². The van der Waals surface area contributed by atoms with E-state index in [2.05, 4.69) is 84.9 Å². The second kappa shape index (κ2) is 9.08. The maximum Gasteiger partial charge on any atom is 0.0617 e. The van der Waals surface area contributed by atoms with Crippen molar-refractivity contribution in [2.75, 3.05) is 0 Å². The van der Waals surface area contributed by atoms with E-state index in [0.29, 0.717) is 0 Å². The number of nitrogens with two attached hydrogens (primary N) is 2. The van der Waals surface area contributed by atoms with Gasteiger partial charge >= 0.3 is 0 Å². The lowest BCUT2D eigenvalue weighted by molar-refractivity contribution is 0.399. The van der Waals surface area contributed by atoms with Crippen LogP contribution in [-0.4, -0.2) is 12.1 Å². The Kier molecular flexibility index (Phi) is 6.08. The number of benzene rings is 4. The fourth-order valence-corrected chi connectivity index (χ4v) is 4.51. The summed E-state index contributed by atoms with van der Waals surface area (Å²) in [6.07, 6.45) is 0.719. The topological polar surface area (TPSA) is 52.0 Å². The molecule has 0 aromatic heterocycles. The van der Waals surface area contributed by atoms with Gasteiger partial charge in [0.2, 0.25) is 0 Å². The monoisotopic (exact) mass is 392 g/mol. The van der Waals surface area contributed by atoms with E-state index >= 15 is 0 Å². The minimum absolute atomic E-state index is 0.229. The fourth-order valence-electron chi connectivity index (χ4n) is 4.51. The molecule has 1 unspecified atom stereocenters. The summed E-state index contributed by atoms with van der Waals surface area (Å²) in [5.74, 6) is 0. The van der Waals surface area contributed by atoms with E-state index in [4.69, 9.17) is 11.5 Å². The first-order valence-corrected chi connectivity index (χ1v) is 10.4. The van der Waals surface area contributed by atoms with Gasteiger partial charge in [-0.25, -0.2) is 0 Å². The molecule has 0 radical (unpaired) electrons. The zero-order chi connectivity index (χ0) is 20.8. The molecule has 0 spiro atoms. The number of hydrogen-bond acceptors (Lipinski definition) is 2. The predicted octanol–water partition coefficient (Wildman–Crippen LogP) is 4.92. The Balaban J connectivity index is 1.90. The molecular weight excluding hydrogens is 364 g/mol. The first kappa shape index (κ1) is 20.1. The summed E-state index contributed by atoms with van der Waals surface area (Å²) >= 11 is 0. The SMILES string of the molecule is NC([C@H](N)Cc1ccccc1)C(c1ccccc1)(c1ccccc1)c1ccccc1. The molecule has 4 aromatic carbocycles. The van der Waals surface area contributed by atoms with E-state index in [-0.39, 0.29) is 12.1 Å². The highest BCUT2D eigenvalue weighted by Crippen LogP contribution is 2.42. The molecule has 150 valence electrons. The molecule has 0 aliphatic carbocycles. The van der Waals surface area contributed by atoms with Crippen LogP contribution in [0.3, 0.4) is 0 Å². The van der Waals surface area contributed by atoms with Gasteiger partial charge in [0.25, 0.3) is 0 Å². The van der Waals surface area contributed by atoms with Crippen molar-refractivity contribution in [3.05, 3.63) is 144 Å². The maximum absolute atomic E-state index is 7.12. The molecule has 0 saturated carbocycles. The highest BCUT2D eigenvalue weighted by Gasteiger charge is 2.44. The molecule has 0 aliphatic heterocycles. The third kappa shape index (κ3) is 3.80. The van der Waals surface area contributed by atoms with Crippen LogP contribution in [0.15, 0.2) is 121 Å². The first-order valence-electron chi connectivity index (χ1n) is 10.4. The lowest BCUT2D eigenvalue weighted by atomic mass is 9.63. The van der Waals surface area contributed by atoms with E-state index in [1.54, 1.807) is 0 Å². The molecule has 4 N–H and O–H groups in total. The molecule has 4 rings (SSSR count). The third-order valence-electron chi connectivity index (χ3n) is 5.96. The standard InChI is InChI=1S/C28H28N2/c29-26(21-22-13-5-1-6-14-22)27(30)28(23-15-7-2-8-16-23,24-17-9-3-10-18-24)25-19-11-4-12-20-25/h1-20,26-27H,21,29-30H2/t26-,27?/m1/s1. The molecule has 0 bridgehead atoms. The third-order valence-corrected chi connectivity index (χ3v) is 5.96. The highest BCUT2D eigenvalue weighted by atomic mass is 14.8. The van der Waals surface area contributed by atoms with Gasteiger partial charge in [0, 0.05) is 12.1 Å². The average Bonchev–Trinajstić information content (AvgIpc) is 2.82. The van der Waals surface area contributed by atoms with Crippen molar-refractivity contribution in [2.45, 2.75) is 23.9 Å². The summed E-state index contributed by atoms with van der Waals surface area (Å²) in [7, 11) is 0. The average molecular weight is 393 g/mol. The lowest BCUT2D eigenvalue weighted by Crippen LogP contribution is -2.57. The largest absolute Gasteiger partial charge is 0.326 e. The molecule has 2 nitrogen and oxygen atoms in total. The van der Waals surface area contributed by atoms with Crippen LogP contribution in [-0.2, 0) is 11.8 Å². The zero-order valence-electron chi connectivity index (χ0n) is 17.1. The Hall–Kier alpha value is -3.20. The minimum Gasteiger partial charge on any atom is -0.326 e. The van der Waals surface area contributed by atoms with Gasteiger partial charge in [0.1, 0.15) is 0 Å². The van der Waals surface area contributed by atoms with Crippen LogP contribution in [0.25, 0.3) is 0 Å².